The van der Waals surface area contributed by atoms with Gasteiger partial charge in [-0.3, -0.25) is 4.79 Å². The van der Waals surface area contributed by atoms with E-state index in [4.69, 9.17) is 4.74 Å². The van der Waals surface area contributed by atoms with E-state index < -0.39 is 10.0 Å². The second-order valence-corrected chi connectivity index (χ2v) is 8.29. The molecule has 0 aliphatic carbocycles. The molecule has 1 amide bonds. The van der Waals surface area contributed by atoms with E-state index in [9.17, 15) is 13.2 Å². The number of hydrogen-bond donors (Lipinski definition) is 0. The highest BCUT2D eigenvalue weighted by molar-refractivity contribution is 7.88. The monoisotopic (exact) mass is 352 g/mol. The van der Waals surface area contributed by atoms with Gasteiger partial charge in [0.2, 0.25) is 10.0 Å². The van der Waals surface area contributed by atoms with Crippen LogP contribution < -0.4 is 0 Å². The minimum absolute atomic E-state index is 0.0365. The van der Waals surface area contributed by atoms with Crippen LogP contribution in [0.1, 0.15) is 35.2 Å². The Morgan fingerprint density at radius 2 is 1.58 bits per heavy atom. The molecule has 6 nitrogen and oxygen atoms in total. The number of sulfonamides is 1. The number of carbonyl (C=O) groups is 1. The molecular weight excluding hydrogens is 328 g/mol. The number of benzene rings is 1. The fourth-order valence-electron chi connectivity index (χ4n) is 3.15. The quantitative estimate of drug-likeness (QED) is 0.823. The SMILES string of the molecule is O=C(c1ccc(CS(=O)(=O)N2CCOCC2)cc1)N1CCCCC1. The number of ether oxygens (including phenoxy) is 1. The maximum atomic E-state index is 12.4. The Kier molecular flexibility index (Phi) is 5.53. The molecule has 0 aromatic heterocycles. The highest BCUT2D eigenvalue weighted by Gasteiger charge is 2.25. The summed E-state index contributed by atoms with van der Waals surface area (Å²) in [7, 11) is -3.33. The van der Waals surface area contributed by atoms with Gasteiger partial charge in [-0.2, -0.15) is 4.31 Å². The van der Waals surface area contributed by atoms with Crippen LogP contribution in [0, 0.1) is 0 Å². The van der Waals surface area contributed by atoms with Crippen molar-refractivity contribution in [3.8, 4) is 0 Å². The van der Waals surface area contributed by atoms with E-state index in [2.05, 4.69) is 0 Å². The Hall–Kier alpha value is -1.44. The summed E-state index contributed by atoms with van der Waals surface area (Å²) in [5, 5.41) is 0. The van der Waals surface area contributed by atoms with E-state index >= 15 is 0 Å². The summed E-state index contributed by atoms with van der Waals surface area (Å²) in [4.78, 5) is 14.3. The minimum atomic E-state index is -3.33. The maximum absolute atomic E-state index is 12.4. The molecule has 0 atom stereocenters. The van der Waals surface area contributed by atoms with Crippen LogP contribution in [0.3, 0.4) is 0 Å². The first kappa shape index (κ1) is 17.4. The molecule has 1 aromatic rings. The van der Waals surface area contributed by atoms with Gasteiger partial charge in [0.1, 0.15) is 0 Å². The molecule has 2 fully saturated rings. The summed E-state index contributed by atoms with van der Waals surface area (Å²) in [5.41, 5.74) is 1.33. The average molecular weight is 352 g/mol. The molecule has 7 heteroatoms. The predicted octanol–water partition coefficient (Wildman–Crippen LogP) is 1.47. The van der Waals surface area contributed by atoms with E-state index in [1.807, 2.05) is 4.90 Å². The summed E-state index contributed by atoms with van der Waals surface area (Å²) in [6, 6.07) is 6.96. The second kappa shape index (κ2) is 7.63. The molecule has 0 spiro atoms. The number of nitrogens with zero attached hydrogens (tertiary/aromatic N) is 2. The number of morpholine rings is 1. The van der Waals surface area contributed by atoms with Gasteiger partial charge < -0.3 is 9.64 Å². The van der Waals surface area contributed by atoms with Crippen LogP contribution >= 0.6 is 0 Å². The molecule has 24 heavy (non-hydrogen) atoms. The second-order valence-electron chi connectivity index (χ2n) is 6.32. The molecule has 2 saturated heterocycles. The highest BCUT2D eigenvalue weighted by Crippen LogP contribution is 2.16. The summed E-state index contributed by atoms with van der Waals surface area (Å²) >= 11 is 0. The molecule has 3 rings (SSSR count). The first-order valence-corrected chi connectivity index (χ1v) is 10.1. The average Bonchev–Trinajstić information content (AvgIpc) is 2.63. The van der Waals surface area contributed by atoms with Crippen molar-refractivity contribution in [1.29, 1.82) is 0 Å². The Balaban J connectivity index is 1.64. The predicted molar refractivity (Wildman–Crippen MR) is 91.2 cm³/mol. The van der Waals surface area contributed by atoms with Gasteiger partial charge in [0, 0.05) is 31.7 Å². The van der Waals surface area contributed by atoms with Crippen molar-refractivity contribution in [3.05, 3.63) is 35.4 Å². The van der Waals surface area contributed by atoms with Crippen molar-refractivity contribution in [1.82, 2.24) is 9.21 Å². The Morgan fingerprint density at radius 3 is 2.21 bits per heavy atom. The standard InChI is InChI=1S/C17H24N2O4S/c20-17(18-8-2-1-3-9-18)16-6-4-15(5-7-16)14-24(21,22)19-10-12-23-13-11-19/h4-7H,1-3,8-14H2. The molecule has 0 N–H and O–H groups in total. The fraction of sp³-hybridized carbons (Fsp3) is 0.588. The number of carbonyl (C=O) groups excluding carboxylic acids is 1. The first-order chi connectivity index (χ1) is 11.6. The highest BCUT2D eigenvalue weighted by atomic mass is 32.2. The lowest BCUT2D eigenvalue weighted by molar-refractivity contribution is 0.0724. The van der Waals surface area contributed by atoms with Crippen LogP contribution in [0.2, 0.25) is 0 Å². The molecule has 0 unspecified atom stereocenters. The molecule has 0 bridgehead atoms. The van der Waals surface area contributed by atoms with E-state index in [0.717, 1.165) is 25.9 Å². The smallest absolute Gasteiger partial charge is 0.253 e. The number of hydrogen-bond acceptors (Lipinski definition) is 4. The zero-order chi connectivity index (χ0) is 17.0. The van der Waals surface area contributed by atoms with Crippen LogP contribution in [-0.4, -0.2) is 62.9 Å². The normalized spacial score (nSPS) is 20.1. The molecule has 2 aliphatic heterocycles. The topological polar surface area (TPSA) is 66.9 Å². The van der Waals surface area contributed by atoms with Gasteiger partial charge in [0.15, 0.2) is 0 Å². The van der Waals surface area contributed by atoms with Crippen LogP contribution in [0.5, 0.6) is 0 Å². The number of likely N-dealkylation sites (tertiary alicyclic amines) is 1. The summed E-state index contributed by atoms with van der Waals surface area (Å²) in [6.45, 7) is 3.34. The first-order valence-electron chi connectivity index (χ1n) is 8.50. The third-order valence-corrected chi connectivity index (χ3v) is 6.41. The molecule has 2 aliphatic rings. The maximum Gasteiger partial charge on any atom is 0.253 e. The molecule has 132 valence electrons. The van der Waals surface area contributed by atoms with Crippen LogP contribution in [0.25, 0.3) is 0 Å². The van der Waals surface area contributed by atoms with Gasteiger partial charge >= 0.3 is 0 Å². The number of piperidine rings is 1. The van der Waals surface area contributed by atoms with Crippen LogP contribution in [0.15, 0.2) is 24.3 Å². The molecular formula is C17H24N2O4S. The van der Waals surface area contributed by atoms with E-state index in [0.29, 0.717) is 37.4 Å². The Labute approximate surface area is 143 Å². The van der Waals surface area contributed by atoms with Gasteiger partial charge in [-0.05, 0) is 37.0 Å². The largest absolute Gasteiger partial charge is 0.379 e. The third kappa shape index (κ3) is 4.15. The van der Waals surface area contributed by atoms with Crippen molar-refractivity contribution >= 4 is 15.9 Å². The van der Waals surface area contributed by atoms with Gasteiger partial charge in [-0.1, -0.05) is 12.1 Å². The molecule has 0 radical (unpaired) electrons. The summed E-state index contributed by atoms with van der Waals surface area (Å²) in [6.07, 6.45) is 3.30. The zero-order valence-corrected chi connectivity index (χ0v) is 14.6. The number of amides is 1. The third-order valence-electron chi connectivity index (χ3n) is 4.56. The zero-order valence-electron chi connectivity index (χ0n) is 13.8. The molecule has 2 heterocycles. The van der Waals surface area contributed by atoms with Gasteiger partial charge in [-0.25, -0.2) is 8.42 Å². The lowest BCUT2D eigenvalue weighted by Gasteiger charge is -2.27. The minimum Gasteiger partial charge on any atom is -0.379 e. The molecule has 0 saturated carbocycles. The van der Waals surface area contributed by atoms with Gasteiger partial charge in [0.05, 0.1) is 19.0 Å². The lowest BCUT2D eigenvalue weighted by Crippen LogP contribution is -2.41. The van der Waals surface area contributed by atoms with E-state index in [-0.39, 0.29) is 11.7 Å². The fourth-order valence-corrected chi connectivity index (χ4v) is 4.65. The molecule has 1 aromatic carbocycles. The summed E-state index contributed by atoms with van der Waals surface area (Å²) < 4.78 is 31.5. The van der Waals surface area contributed by atoms with Crippen molar-refractivity contribution in [3.63, 3.8) is 0 Å². The van der Waals surface area contributed by atoms with Crippen molar-refractivity contribution in [2.75, 3.05) is 39.4 Å². The van der Waals surface area contributed by atoms with Crippen LogP contribution in [-0.2, 0) is 20.5 Å². The van der Waals surface area contributed by atoms with Crippen molar-refractivity contribution in [2.24, 2.45) is 0 Å². The van der Waals surface area contributed by atoms with E-state index in [1.54, 1.807) is 24.3 Å². The summed E-state index contributed by atoms with van der Waals surface area (Å²) in [5.74, 6) is 0.00263. The van der Waals surface area contributed by atoms with Crippen molar-refractivity contribution in [2.45, 2.75) is 25.0 Å². The van der Waals surface area contributed by atoms with E-state index in [1.165, 1.54) is 10.7 Å². The van der Waals surface area contributed by atoms with Crippen molar-refractivity contribution < 1.29 is 17.9 Å². The Morgan fingerprint density at radius 1 is 0.958 bits per heavy atom. The Bertz CT molecular complexity index is 660. The lowest BCUT2D eigenvalue weighted by atomic mass is 10.1. The van der Waals surface area contributed by atoms with Crippen LogP contribution in [0.4, 0.5) is 0 Å². The van der Waals surface area contributed by atoms with Gasteiger partial charge in [-0.15, -0.1) is 0 Å². The number of rotatable bonds is 4. The van der Waals surface area contributed by atoms with Gasteiger partial charge in [0.25, 0.3) is 5.91 Å².